The summed E-state index contributed by atoms with van der Waals surface area (Å²) in [6.45, 7) is 13.5. The zero-order valence-electron chi connectivity index (χ0n) is 18.5. The van der Waals surface area contributed by atoms with Gasteiger partial charge in [0.05, 0.1) is 5.52 Å². The van der Waals surface area contributed by atoms with E-state index in [2.05, 4.69) is 74.1 Å². The maximum absolute atomic E-state index is 6.83. The number of rotatable bonds is 9. The van der Waals surface area contributed by atoms with Crippen LogP contribution in [0.3, 0.4) is 0 Å². The summed E-state index contributed by atoms with van der Waals surface area (Å²) >= 11 is 0. The molecule has 0 aliphatic heterocycles. The number of benzene rings is 2. The van der Waals surface area contributed by atoms with Crippen LogP contribution in [0, 0.1) is 6.92 Å². The predicted octanol–water partition coefficient (Wildman–Crippen LogP) is 5.82. The van der Waals surface area contributed by atoms with Crippen molar-refractivity contribution in [1.82, 2.24) is 15.0 Å². The van der Waals surface area contributed by atoms with Gasteiger partial charge in [-0.2, -0.15) is 0 Å². The largest absolute Gasteiger partial charge is 0.406 e. The number of aryl methyl sites for hydroxylation is 1. The molecule has 0 N–H and O–H groups in total. The molecule has 0 aliphatic rings. The van der Waals surface area contributed by atoms with E-state index in [1.807, 2.05) is 29.8 Å². The van der Waals surface area contributed by atoms with Gasteiger partial charge in [0, 0.05) is 6.61 Å². The lowest BCUT2D eigenvalue weighted by molar-refractivity contribution is -0.183. The molecule has 0 fully saturated rings. The molecule has 156 valence electrons. The monoisotopic (exact) mass is 411 g/mol. The topological polar surface area (TPSA) is 49.2 Å². The molecule has 0 radical (unpaired) electrons. The van der Waals surface area contributed by atoms with Crippen LogP contribution in [0.1, 0.15) is 43.9 Å². The molecule has 0 saturated heterocycles. The molecule has 6 heteroatoms. The van der Waals surface area contributed by atoms with E-state index >= 15 is 0 Å². The van der Waals surface area contributed by atoms with Gasteiger partial charge in [-0.3, -0.25) is 0 Å². The Labute approximate surface area is 175 Å². The molecule has 2 aromatic carbocycles. The van der Waals surface area contributed by atoms with E-state index in [1.54, 1.807) is 0 Å². The number of nitrogens with zero attached hydrogens (tertiary/aromatic N) is 3. The third-order valence-corrected chi connectivity index (χ3v) is 5.92. The highest BCUT2D eigenvalue weighted by Gasteiger charge is 2.46. The van der Waals surface area contributed by atoms with Gasteiger partial charge < -0.3 is 9.16 Å². The smallest absolute Gasteiger partial charge is 0.192 e. The Bertz CT molecular complexity index is 925. The fourth-order valence-corrected chi connectivity index (χ4v) is 4.86. The van der Waals surface area contributed by atoms with Crippen LogP contribution in [-0.4, -0.2) is 29.9 Å². The molecule has 2 atom stereocenters. The molecule has 0 bridgehead atoms. The molecule has 0 spiro atoms. The minimum atomic E-state index is -1.91. The Morgan fingerprint density at radius 3 is 2.34 bits per heavy atom. The lowest BCUT2D eigenvalue weighted by Crippen LogP contribution is -2.47. The second kappa shape index (κ2) is 8.77. The van der Waals surface area contributed by atoms with Gasteiger partial charge in [0.15, 0.2) is 14.0 Å². The van der Waals surface area contributed by atoms with Crippen LogP contribution in [0.15, 0.2) is 48.5 Å². The van der Waals surface area contributed by atoms with E-state index in [0.717, 1.165) is 29.4 Å². The highest BCUT2D eigenvalue weighted by atomic mass is 28.4. The summed E-state index contributed by atoms with van der Waals surface area (Å²) in [5, 5.41) is 9.00. The molecule has 3 aromatic rings. The Kier molecular flexibility index (Phi) is 6.56. The van der Waals surface area contributed by atoms with Crippen molar-refractivity contribution in [2.24, 2.45) is 0 Å². The minimum Gasteiger partial charge on any atom is -0.406 e. The quantitative estimate of drug-likeness (QED) is 0.416. The lowest BCUT2D eigenvalue weighted by Gasteiger charge is -2.43. The summed E-state index contributed by atoms with van der Waals surface area (Å²) in [5.74, 6) is 0. The first-order valence-electron chi connectivity index (χ1n) is 10.5. The van der Waals surface area contributed by atoms with E-state index < -0.39 is 14.0 Å². The molecular weight excluding hydrogens is 378 g/mol. The van der Waals surface area contributed by atoms with Gasteiger partial charge in [-0.15, -0.1) is 5.10 Å². The normalized spacial score (nSPS) is 15.4. The first kappa shape index (κ1) is 21.7. The van der Waals surface area contributed by atoms with Gasteiger partial charge in [-0.05, 0) is 57.6 Å². The number of hydrogen-bond acceptors (Lipinski definition) is 4. The van der Waals surface area contributed by atoms with Crippen LogP contribution in [0.5, 0.6) is 0 Å². The Morgan fingerprint density at radius 1 is 1.03 bits per heavy atom. The summed E-state index contributed by atoms with van der Waals surface area (Å²) < 4.78 is 15.4. The predicted molar refractivity (Wildman–Crippen MR) is 120 cm³/mol. The van der Waals surface area contributed by atoms with Crippen molar-refractivity contribution in [1.29, 1.82) is 0 Å². The summed E-state index contributed by atoms with van der Waals surface area (Å²) in [6, 6.07) is 16.6. The van der Waals surface area contributed by atoms with Crippen LogP contribution < -0.4 is 0 Å². The fraction of sp³-hybridized carbons (Fsp3) is 0.478. The zero-order chi connectivity index (χ0) is 21.1. The Balaban J connectivity index is 2.26. The number of ether oxygens (including phenoxy) is 1. The molecular formula is C23H33N3O2Si. The second-order valence-corrected chi connectivity index (χ2v) is 13.0. The third-order valence-electron chi connectivity index (χ3n) is 4.97. The van der Waals surface area contributed by atoms with Gasteiger partial charge in [0.25, 0.3) is 0 Å². The van der Waals surface area contributed by atoms with Gasteiger partial charge in [0.2, 0.25) is 0 Å². The van der Waals surface area contributed by atoms with E-state index in [0.29, 0.717) is 6.61 Å². The number of para-hydroxylation sites is 1. The van der Waals surface area contributed by atoms with Crippen molar-refractivity contribution in [2.75, 3.05) is 6.61 Å². The van der Waals surface area contributed by atoms with E-state index in [1.165, 1.54) is 5.56 Å². The molecule has 0 amide bonds. The average Bonchev–Trinajstić information content (AvgIpc) is 3.11. The SMILES string of the molecule is CCCC(OCC)(C(O[Si](C)(C)C)c1ccc(C)cc1)n1nnc2ccccc21. The third kappa shape index (κ3) is 4.60. The highest BCUT2D eigenvalue weighted by molar-refractivity contribution is 6.69. The van der Waals surface area contributed by atoms with Gasteiger partial charge in [0.1, 0.15) is 11.6 Å². The van der Waals surface area contributed by atoms with Crippen LogP contribution in [-0.2, 0) is 14.9 Å². The van der Waals surface area contributed by atoms with Crippen molar-refractivity contribution >= 4 is 19.4 Å². The minimum absolute atomic E-state index is 0.278. The molecule has 29 heavy (non-hydrogen) atoms. The molecule has 5 nitrogen and oxygen atoms in total. The highest BCUT2D eigenvalue weighted by Crippen LogP contribution is 2.43. The summed E-state index contributed by atoms with van der Waals surface area (Å²) in [4.78, 5) is 0. The zero-order valence-corrected chi connectivity index (χ0v) is 19.5. The van der Waals surface area contributed by atoms with E-state index in [4.69, 9.17) is 9.16 Å². The van der Waals surface area contributed by atoms with Crippen LogP contribution in [0.4, 0.5) is 0 Å². The molecule has 1 aromatic heterocycles. The second-order valence-electron chi connectivity index (χ2n) is 8.54. The number of aromatic nitrogens is 3. The Hall–Kier alpha value is -2.02. The summed E-state index contributed by atoms with van der Waals surface area (Å²) in [5.41, 5.74) is 3.40. The van der Waals surface area contributed by atoms with Crippen LogP contribution in [0.25, 0.3) is 11.0 Å². The van der Waals surface area contributed by atoms with Crippen molar-refractivity contribution in [3.8, 4) is 0 Å². The molecule has 1 heterocycles. The van der Waals surface area contributed by atoms with Gasteiger partial charge in [-0.1, -0.05) is 60.5 Å². The number of fused-ring (bicyclic) bond motifs is 1. The van der Waals surface area contributed by atoms with Crippen molar-refractivity contribution in [3.63, 3.8) is 0 Å². The van der Waals surface area contributed by atoms with Gasteiger partial charge in [-0.25, -0.2) is 4.68 Å². The van der Waals surface area contributed by atoms with E-state index in [9.17, 15) is 0 Å². The van der Waals surface area contributed by atoms with Crippen molar-refractivity contribution in [2.45, 2.75) is 65.1 Å². The average molecular weight is 412 g/mol. The molecule has 0 saturated carbocycles. The lowest BCUT2D eigenvalue weighted by atomic mass is 9.93. The summed E-state index contributed by atoms with van der Waals surface area (Å²) in [7, 11) is -1.91. The van der Waals surface area contributed by atoms with Crippen LogP contribution >= 0.6 is 0 Å². The van der Waals surface area contributed by atoms with Crippen LogP contribution in [0.2, 0.25) is 19.6 Å². The maximum atomic E-state index is 6.83. The van der Waals surface area contributed by atoms with Crippen molar-refractivity contribution in [3.05, 3.63) is 59.7 Å². The summed E-state index contributed by atoms with van der Waals surface area (Å²) in [6.07, 6.45) is 1.43. The fourth-order valence-electron chi connectivity index (χ4n) is 3.83. The molecule has 2 unspecified atom stereocenters. The van der Waals surface area contributed by atoms with Gasteiger partial charge >= 0.3 is 0 Å². The Morgan fingerprint density at radius 2 is 1.72 bits per heavy atom. The maximum Gasteiger partial charge on any atom is 0.192 e. The first-order valence-corrected chi connectivity index (χ1v) is 13.9. The molecule has 0 aliphatic carbocycles. The van der Waals surface area contributed by atoms with Crippen molar-refractivity contribution < 1.29 is 9.16 Å². The molecule has 3 rings (SSSR count). The number of hydrogen-bond donors (Lipinski definition) is 0. The van der Waals surface area contributed by atoms with E-state index in [-0.39, 0.29) is 6.10 Å². The first-order chi connectivity index (χ1) is 13.8. The standard InChI is InChI=1S/C23H33N3O2Si/c1-7-17-23(27-8-2,26-21-12-10-9-11-20(21)24-25-26)22(28-29(4,5)6)19-15-13-18(3)14-16-19/h9-16,22H,7-8,17H2,1-6H3.